The monoisotopic (exact) mass is 585 g/mol. The van der Waals surface area contributed by atoms with E-state index in [1.54, 1.807) is 18.2 Å². The van der Waals surface area contributed by atoms with Crippen molar-refractivity contribution >= 4 is 46.3 Å². The molecular weight excluding hydrogens is 552 g/mol. The molecule has 3 aromatic rings. The van der Waals surface area contributed by atoms with Gasteiger partial charge in [0.15, 0.2) is 5.82 Å². The molecule has 0 saturated carbocycles. The SMILES string of the molecule is COc1cc(C(=O)NC2CCN(C)CC2)ccc1Nc1ncc2c(n1)N(CCc1cccs1)CC(F)(F)C(=O)N2C. The molecule has 1 saturated heterocycles. The van der Waals surface area contributed by atoms with E-state index in [0.29, 0.717) is 23.4 Å². The van der Waals surface area contributed by atoms with Crippen molar-refractivity contribution in [3.8, 4) is 5.75 Å². The molecule has 0 unspecified atom stereocenters. The maximum Gasteiger partial charge on any atom is 0.342 e. The molecule has 2 aliphatic rings. The fourth-order valence-corrected chi connectivity index (χ4v) is 5.69. The van der Waals surface area contributed by atoms with Gasteiger partial charge < -0.3 is 30.1 Å². The second-order valence-corrected chi connectivity index (χ2v) is 11.3. The highest BCUT2D eigenvalue weighted by atomic mass is 32.1. The maximum absolute atomic E-state index is 14.9. The van der Waals surface area contributed by atoms with E-state index in [1.807, 2.05) is 17.5 Å². The number of methoxy groups -OCH3 is 1. The van der Waals surface area contributed by atoms with Gasteiger partial charge in [-0.05, 0) is 69.0 Å². The van der Waals surface area contributed by atoms with Crippen LogP contribution in [-0.4, -0.2) is 86.0 Å². The molecule has 0 radical (unpaired) electrons. The summed E-state index contributed by atoms with van der Waals surface area (Å²) in [6.07, 6.45) is 3.67. The first-order valence-corrected chi connectivity index (χ1v) is 14.3. The molecule has 2 amide bonds. The quantitative estimate of drug-likeness (QED) is 0.412. The molecule has 2 N–H and O–H groups in total. The van der Waals surface area contributed by atoms with Crippen molar-refractivity contribution in [2.45, 2.75) is 31.2 Å². The summed E-state index contributed by atoms with van der Waals surface area (Å²) >= 11 is 1.54. The predicted octanol–water partition coefficient (Wildman–Crippen LogP) is 3.78. The number of nitrogens with zero attached hydrogens (tertiary/aromatic N) is 5. The van der Waals surface area contributed by atoms with Crippen LogP contribution in [0.1, 0.15) is 28.1 Å². The number of hydrogen-bond acceptors (Lipinski definition) is 9. The Balaban J connectivity index is 1.37. The van der Waals surface area contributed by atoms with Gasteiger partial charge in [-0.25, -0.2) is 4.98 Å². The summed E-state index contributed by atoms with van der Waals surface area (Å²) in [4.78, 5) is 39.9. The third kappa shape index (κ3) is 6.41. The minimum Gasteiger partial charge on any atom is -0.495 e. The Morgan fingerprint density at radius 1 is 1.22 bits per heavy atom. The van der Waals surface area contributed by atoms with Gasteiger partial charge in [-0.3, -0.25) is 9.59 Å². The van der Waals surface area contributed by atoms with E-state index in [-0.39, 0.29) is 35.9 Å². The third-order valence-electron chi connectivity index (χ3n) is 7.39. The van der Waals surface area contributed by atoms with Crippen molar-refractivity contribution < 1.29 is 23.1 Å². The number of nitrogens with one attached hydrogen (secondary N) is 2. The average molecular weight is 586 g/mol. The smallest absolute Gasteiger partial charge is 0.342 e. The average Bonchev–Trinajstić information content (AvgIpc) is 3.47. The molecule has 218 valence electrons. The van der Waals surface area contributed by atoms with Crippen molar-refractivity contribution in [1.82, 2.24) is 20.2 Å². The normalized spacial score (nSPS) is 17.6. The van der Waals surface area contributed by atoms with Crippen LogP contribution < -0.4 is 25.2 Å². The molecule has 10 nitrogen and oxygen atoms in total. The number of thiophene rings is 1. The second-order valence-electron chi connectivity index (χ2n) is 10.3. The second kappa shape index (κ2) is 12.0. The minimum atomic E-state index is -3.59. The topological polar surface area (TPSA) is 103 Å². The summed E-state index contributed by atoms with van der Waals surface area (Å²) in [6, 6.07) is 8.97. The van der Waals surface area contributed by atoms with Crippen molar-refractivity contribution in [2.75, 3.05) is 62.5 Å². The zero-order chi connectivity index (χ0) is 29.1. The first-order valence-electron chi connectivity index (χ1n) is 13.4. The number of carbonyl (C=O) groups excluding carboxylic acids is 2. The molecule has 41 heavy (non-hydrogen) atoms. The molecule has 13 heteroatoms. The number of alkyl halides is 2. The number of halogens is 2. The number of ether oxygens (including phenoxy) is 1. The molecule has 0 bridgehead atoms. The van der Waals surface area contributed by atoms with Crippen LogP contribution >= 0.6 is 11.3 Å². The highest BCUT2D eigenvalue weighted by molar-refractivity contribution is 7.09. The maximum atomic E-state index is 14.9. The Labute approximate surface area is 241 Å². The van der Waals surface area contributed by atoms with E-state index < -0.39 is 18.4 Å². The van der Waals surface area contributed by atoms with E-state index >= 15 is 0 Å². The number of rotatable bonds is 8. The highest BCUT2D eigenvalue weighted by Gasteiger charge is 2.47. The van der Waals surface area contributed by atoms with Gasteiger partial charge in [-0.15, -0.1) is 11.3 Å². The molecule has 2 aliphatic heterocycles. The lowest BCUT2D eigenvalue weighted by molar-refractivity contribution is -0.140. The molecule has 0 aliphatic carbocycles. The summed E-state index contributed by atoms with van der Waals surface area (Å²) in [5, 5.41) is 8.11. The number of piperidine rings is 1. The van der Waals surface area contributed by atoms with Gasteiger partial charge in [0, 0.05) is 30.1 Å². The number of anilines is 4. The Bertz CT molecular complexity index is 1400. The molecule has 0 atom stereocenters. The van der Waals surface area contributed by atoms with Crippen molar-refractivity contribution in [1.29, 1.82) is 0 Å². The first kappa shape index (κ1) is 28.7. The Kier molecular flexibility index (Phi) is 8.36. The first-order chi connectivity index (χ1) is 19.6. The molecule has 1 aromatic carbocycles. The minimum absolute atomic E-state index is 0.121. The zero-order valence-electron chi connectivity index (χ0n) is 23.2. The summed E-state index contributed by atoms with van der Waals surface area (Å²) < 4.78 is 35.3. The van der Waals surface area contributed by atoms with E-state index in [9.17, 15) is 18.4 Å². The largest absolute Gasteiger partial charge is 0.495 e. The predicted molar refractivity (Wildman–Crippen MR) is 155 cm³/mol. The molecule has 0 spiro atoms. The summed E-state index contributed by atoms with van der Waals surface area (Å²) in [5.41, 5.74) is 1.14. The molecule has 2 aromatic heterocycles. The number of carbonyl (C=O) groups is 2. The standard InChI is InChI=1S/C28H33F2N7O3S/c1-35-11-8-19(9-12-35)32-25(38)18-6-7-21(23(15-18)40-3)33-27-31-16-22-24(34-27)37(13-10-20-5-4-14-41-20)17-28(29,30)26(39)36(22)2/h4-7,14-16,19H,8-13,17H2,1-3H3,(H,32,38)(H,31,33,34). The van der Waals surface area contributed by atoms with Crippen LogP contribution in [0, 0.1) is 0 Å². The van der Waals surface area contributed by atoms with Crippen LogP contribution in [0.15, 0.2) is 41.9 Å². The van der Waals surface area contributed by atoms with E-state index in [1.165, 1.54) is 36.6 Å². The Hall–Kier alpha value is -3.84. The van der Waals surface area contributed by atoms with Gasteiger partial charge in [0.05, 0.1) is 25.5 Å². The van der Waals surface area contributed by atoms with Crippen molar-refractivity contribution in [2.24, 2.45) is 0 Å². The van der Waals surface area contributed by atoms with Crippen LogP contribution in [0.25, 0.3) is 0 Å². The van der Waals surface area contributed by atoms with Gasteiger partial charge in [0.1, 0.15) is 11.4 Å². The fourth-order valence-electron chi connectivity index (χ4n) is 5.00. The van der Waals surface area contributed by atoms with E-state index in [4.69, 9.17) is 4.74 Å². The van der Waals surface area contributed by atoms with E-state index in [2.05, 4.69) is 32.5 Å². The lowest BCUT2D eigenvalue weighted by atomic mass is 10.0. The fraction of sp³-hybridized carbons (Fsp3) is 0.429. The zero-order valence-corrected chi connectivity index (χ0v) is 24.0. The van der Waals surface area contributed by atoms with Crippen molar-refractivity contribution in [3.05, 3.63) is 52.3 Å². The molecule has 5 rings (SSSR count). The van der Waals surface area contributed by atoms with Crippen LogP contribution in [0.5, 0.6) is 5.75 Å². The number of amides is 2. The van der Waals surface area contributed by atoms with Crippen LogP contribution in [0.3, 0.4) is 0 Å². The van der Waals surface area contributed by atoms with Crippen molar-refractivity contribution in [3.63, 3.8) is 0 Å². The number of fused-ring (bicyclic) bond motifs is 1. The molecular formula is C28H33F2N7O3S. The molecule has 4 heterocycles. The van der Waals surface area contributed by atoms with Gasteiger partial charge >= 0.3 is 5.92 Å². The van der Waals surface area contributed by atoms with Gasteiger partial charge in [-0.1, -0.05) is 6.07 Å². The Morgan fingerprint density at radius 2 is 2.00 bits per heavy atom. The van der Waals surface area contributed by atoms with Crippen LogP contribution in [0.4, 0.5) is 31.9 Å². The number of benzene rings is 1. The highest BCUT2D eigenvalue weighted by Crippen LogP contribution is 2.36. The summed E-state index contributed by atoms with van der Waals surface area (Å²) in [5.74, 6) is -4.32. The summed E-state index contributed by atoms with van der Waals surface area (Å²) in [6.45, 7) is 1.32. The van der Waals surface area contributed by atoms with Gasteiger partial charge in [0.2, 0.25) is 5.95 Å². The number of hydrogen-bond donors (Lipinski definition) is 2. The van der Waals surface area contributed by atoms with Gasteiger partial charge in [-0.2, -0.15) is 13.8 Å². The Morgan fingerprint density at radius 3 is 2.71 bits per heavy atom. The van der Waals surface area contributed by atoms with Crippen LogP contribution in [0.2, 0.25) is 0 Å². The van der Waals surface area contributed by atoms with Gasteiger partial charge in [0.25, 0.3) is 11.8 Å². The lowest BCUT2D eigenvalue weighted by Gasteiger charge is -2.29. The number of aromatic nitrogens is 2. The molecule has 1 fully saturated rings. The lowest BCUT2D eigenvalue weighted by Crippen LogP contribution is -2.46. The van der Waals surface area contributed by atoms with Crippen LogP contribution in [-0.2, 0) is 11.2 Å². The number of likely N-dealkylation sites (tertiary alicyclic amines) is 1. The summed E-state index contributed by atoms with van der Waals surface area (Å²) in [7, 11) is 4.86. The van der Waals surface area contributed by atoms with E-state index in [0.717, 1.165) is 35.7 Å². The third-order valence-corrected chi connectivity index (χ3v) is 8.33.